The van der Waals surface area contributed by atoms with Crippen LogP contribution < -0.4 is 5.63 Å². The van der Waals surface area contributed by atoms with Crippen molar-refractivity contribution in [1.82, 2.24) is 0 Å². The number of hydrogen-bond donors (Lipinski definition) is 0. The summed E-state index contributed by atoms with van der Waals surface area (Å²) in [4.78, 5) is 23.2. The summed E-state index contributed by atoms with van der Waals surface area (Å²) < 4.78 is 28.5. The Bertz CT molecular complexity index is 893. The van der Waals surface area contributed by atoms with Crippen molar-refractivity contribution in [2.24, 2.45) is 0 Å². The SMILES string of the molecule is CC(C)S(=O)(=O)CCCCCC(=O)Cc1ccc2oc(=O)ccc2c1. The minimum absolute atomic E-state index is 0.128. The van der Waals surface area contributed by atoms with E-state index in [1.54, 1.807) is 32.0 Å². The number of carbonyl (C=O) groups excluding carboxylic acids is 1. The Hall–Kier alpha value is -1.95. The van der Waals surface area contributed by atoms with Gasteiger partial charge in [0.2, 0.25) is 0 Å². The molecule has 1 aromatic carbocycles. The van der Waals surface area contributed by atoms with Crippen LogP contribution in [0.25, 0.3) is 11.0 Å². The van der Waals surface area contributed by atoms with Crippen LogP contribution in [-0.2, 0) is 21.1 Å². The summed E-state index contributed by atoms with van der Waals surface area (Å²) in [6.45, 7) is 3.38. The second-order valence-corrected chi connectivity index (χ2v) is 9.25. The van der Waals surface area contributed by atoms with E-state index in [0.717, 1.165) is 17.4 Å². The molecule has 25 heavy (non-hydrogen) atoms. The third-order valence-electron chi connectivity index (χ3n) is 4.19. The molecule has 0 amide bonds. The number of carbonyl (C=O) groups is 1. The summed E-state index contributed by atoms with van der Waals surface area (Å²) in [7, 11) is -2.99. The molecule has 0 N–H and O–H groups in total. The predicted octanol–water partition coefficient (Wildman–Crippen LogP) is 3.29. The molecule has 1 heterocycles. The Kier molecular flexibility index (Phi) is 6.53. The second-order valence-electron chi connectivity index (χ2n) is 6.57. The highest BCUT2D eigenvalue weighted by Gasteiger charge is 2.15. The number of sulfone groups is 1. The van der Waals surface area contributed by atoms with Gasteiger partial charge in [0.1, 0.15) is 11.4 Å². The molecule has 0 radical (unpaired) electrons. The van der Waals surface area contributed by atoms with Gasteiger partial charge >= 0.3 is 5.63 Å². The summed E-state index contributed by atoms with van der Waals surface area (Å²) in [5.74, 6) is 0.317. The third-order valence-corrected chi connectivity index (χ3v) is 6.48. The summed E-state index contributed by atoms with van der Waals surface area (Å²) in [6.07, 6.45) is 2.82. The molecule has 0 unspecified atom stereocenters. The Morgan fingerprint density at radius 1 is 1.08 bits per heavy atom. The highest BCUT2D eigenvalue weighted by atomic mass is 32.2. The lowest BCUT2D eigenvalue weighted by molar-refractivity contribution is -0.118. The van der Waals surface area contributed by atoms with Gasteiger partial charge in [-0.3, -0.25) is 4.79 Å². The van der Waals surface area contributed by atoms with E-state index in [2.05, 4.69) is 0 Å². The van der Waals surface area contributed by atoms with Crippen molar-refractivity contribution < 1.29 is 17.6 Å². The number of Topliss-reactive ketones (excluding diaryl/α,β-unsaturated/α-hetero) is 1. The molecule has 0 aliphatic rings. The van der Waals surface area contributed by atoms with Crippen LogP contribution in [-0.4, -0.2) is 25.2 Å². The quantitative estimate of drug-likeness (QED) is 0.504. The molecule has 0 saturated carbocycles. The standard InChI is InChI=1S/C19H24O5S/c1-14(2)25(22,23)11-5-3-4-6-17(20)13-15-7-9-18-16(12-15)8-10-19(21)24-18/h7-10,12,14H,3-6,11,13H2,1-2H3. The van der Waals surface area contributed by atoms with E-state index >= 15 is 0 Å². The van der Waals surface area contributed by atoms with Gasteiger partial charge < -0.3 is 4.42 Å². The van der Waals surface area contributed by atoms with Gasteiger partial charge in [-0.2, -0.15) is 0 Å². The van der Waals surface area contributed by atoms with E-state index in [1.807, 2.05) is 6.07 Å². The molecule has 0 fully saturated rings. The monoisotopic (exact) mass is 364 g/mol. The van der Waals surface area contributed by atoms with Crippen LogP contribution in [0.1, 0.15) is 45.1 Å². The van der Waals surface area contributed by atoms with Crippen molar-refractivity contribution in [3.63, 3.8) is 0 Å². The van der Waals surface area contributed by atoms with Gasteiger partial charge in [-0.15, -0.1) is 0 Å². The lowest BCUT2D eigenvalue weighted by Crippen LogP contribution is -2.17. The molecule has 136 valence electrons. The lowest BCUT2D eigenvalue weighted by Gasteiger charge is -2.07. The van der Waals surface area contributed by atoms with Crippen molar-refractivity contribution in [3.8, 4) is 0 Å². The van der Waals surface area contributed by atoms with Crippen molar-refractivity contribution in [3.05, 3.63) is 46.3 Å². The molecule has 1 aromatic heterocycles. The Morgan fingerprint density at radius 2 is 1.84 bits per heavy atom. The zero-order chi connectivity index (χ0) is 18.4. The van der Waals surface area contributed by atoms with Gasteiger partial charge in [0.15, 0.2) is 9.84 Å². The molecule has 6 heteroatoms. The largest absolute Gasteiger partial charge is 0.423 e. The van der Waals surface area contributed by atoms with Crippen LogP contribution in [0.3, 0.4) is 0 Å². The summed E-state index contributed by atoms with van der Waals surface area (Å²) in [5, 5.41) is 0.454. The summed E-state index contributed by atoms with van der Waals surface area (Å²) in [5.41, 5.74) is 1.000. The van der Waals surface area contributed by atoms with Gasteiger partial charge in [-0.25, -0.2) is 13.2 Å². The van der Waals surface area contributed by atoms with Crippen LogP contribution in [0.5, 0.6) is 0 Å². The number of rotatable bonds is 9. The zero-order valence-corrected chi connectivity index (χ0v) is 15.5. The first-order valence-electron chi connectivity index (χ1n) is 8.54. The van der Waals surface area contributed by atoms with Crippen LogP contribution >= 0.6 is 0 Å². The van der Waals surface area contributed by atoms with Gasteiger partial charge in [0.05, 0.1) is 11.0 Å². The van der Waals surface area contributed by atoms with E-state index in [4.69, 9.17) is 4.42 Å². The first kappa shape index (κ1) is 19.4. The summed E-state index contributed by atoms with van der Waals surface area (Å²) in [6, 6.07) is 8.39. The van der Waals surface area contributed by atoms with Crippen LogP contribution in [0.4, 0.5) is 0 Å². The summed E-state index contributed by atoms with van der Waals surface area (Å²) >= 11 is 0. The second kappa shape index (κ2) is 8.43. The van der Waals surface area contributed by atoms with Gasteiger partial charge in [-0.05, 0) is 50.5 Å². The molecule has 5 nitrogen and oxygen atoms in total. The highest BCUT2D eigenvalue weighted by Crippen LogP contribution is 2.15. The van der Waals surface area contributed by atoms with Crippen LogP contribution in [0.2, 0.25) is 0 Å². The molecule has 2 aromatic rings. The Morgan fingerprint density at radius 3 is 2.56 bits per heavy atom. The normalized spacial score (nSPS) is 12.0. The molecular weight excluding hydrogens is 340 g/mol. The smallest absolute Gasteiger partial charge is 0.336 e. The minimum Gasteiger partial charge on any atom is -0.423 e. The van der Waals surface area contributed by atoms with Crippen molar-refractivity contribution in [2.45, 2.75) is 51.2 Å². The zero-order valence-electron chi connectivity index (χ0n) is 14.7. The molecule has 0 aliphatic heterocycles. The maximum atomic E-state index is 12.1. The fourth-order valence-corrected chi connectivity index (χ4v) is 3.66. The lowest BCUT2D eigenvalue weighted by atomic mass is 10.0. The molecule has 0 spiro atoms. The van der Waals surface area contributed by atoms with E-state index in [1.165, 1.54) is 6.07 Å². The molecule has 0 atom stereocenters. The van der Waals surface area contributed by atoms with Crippen LogP contribution in [0.15, 0.2) is 39.5 Å². The Balaban J connectivity index is 1.79. The molecule has 2 rings (SSSR count). The average Bonchev–Trinajstić information content (AvgIpc) is 2.54. The maximum Gasteiger partial charge on any atom is 0.336 e. The van der Waals surface area contributed by atoms with E-state index in [9.17, 15) is 18.0 Å². The van der Waals surface area contributed by atoms with Gasteiger partial charge in [0.25, 0.3) is 0 Å². The van der Waals surface area contributed by atoms with Gasteiger partial charge in [-0.1, -0.05) is 12.5 Å². The van der Waals surface area contributed by atoms with E-state index < -0.39 is 15.5 Å². The van der Waals surface area contributed by atoms with E-state index in [-0.39, 0.29) is 16.8 Å². The van der Waals surface area contributed by atoms with Crippen molar-refractivity contribution >= 4 is 26.6 Å². The molecule has 0 bridgehead atoms. The number of fused-ring (bicyclic) bond motifs is 1. The minimum atomic E-state index is -2.99. The number of unbranched alkanes of at least 4 members (excludes halogenated alkanes) is 2. The number of ketones is 1. The van der Waals surface area contributed by atoms with Crippen LogP contribution in [0, 0.1) is 0 Å². The van der Waals surface area contributed by atoms with E-state index in [0.29, 0.717) is 31.3 Å². The first-order valence-corrected chi connectivity index (χ1v) is 10.3. The molecular formula is C19H24O5S. The Labute approximate surface area is 148 Å². The molecule has 0 aliphatic carbocycles. The fraction of sp³-hybridized carbons (Fsp3) is 0.474. The highest BCUT2D eigenvalue weighted by molar-refractivity contribution is 7.91. The topological polar surface area (TPSA) is 81.4 Å². The number of benzene rings is 1. The molecule has 0 saturated heterocycles. The maximum absolute atomic E-state index is 12.1. The van der Waals surface area contributed by atoms with Crippen molar-refractivity contribution in [2.75, 3.05) is 5.75 Å². The van der Waals surface area contributed by atoms with Gasteiger partial charge in [0, 0.05) is 24.3 Å². The first-order chi connectivity index (χ1) is 11.8. The third kappa shape index (κ3) is 5.81. The average molecular weight is 364 g/mol. The fourth-order valence-electron chi connectivity index (χ4n) is 2.59. The predicted molar refractivity (Wildman–Crippen MR) is 98.6 cm³/mol. The number of hydrogen-bond acceptors (Lipinski definition) is 5. The van der Waals surface area contributed by atoms with Crippen molar-refractivity contribution in [1.29, 1.82) is 0 Å².